The Morgan fingerprint density at radius 3 is 2.95 bits per heavy atom. The molecular formula is C15H19N3O. The third kappa shape index (κ3) is 2.68. The monoisotopic (exact) mass is 257 g/mol. The third-order valence-corrected chi connectivity index (χ3v) is 3.97. The number of benzene rings is 1. The zero-order valence-electron chi connectivity index (χ0n) is 10.9. The number of hydrogen-bond acceptors (Lipinski definition) is 4. The molecule has 0 bridgehead atoms. The van der Waals surface area contributed by atoms with E-state index < -0.39 is 0 Å². The summed E-state index contributed by atoms with van der Waals surface area (Å²) in [7, 11) is 0. The zero-order chi connectivity index (χ0) is 13.1. The van der Waals surface area contributed by atoms with E-state index in [1.54, 1.807) is 6.20 Å². The smallest absolute Gasteiger partial charge is 0.0950 e. The zero-order valence-corrected chi connectivity index (χ0v) is 10.9. The number of nitrogens with one attached hydrogen (secondary N) is 1. The first-order valence-corrected chi connectivity index (χ1v) is 6.97. The van der Waals surface area contributed by atoms with Crippen molar-refractivity contribution >= 4 is 16.6 Å². The molecule has 19 heavy (non-hydrogen) atoms. The summed E-state index contributed by atoms with van der Waals surface area (Å²) in [4.78, 5) is 0. The highest BCUT2D eigenvalue weighted by molar-refractivity contribution is 5.90. The molecule has 3 rings (SSSR count). The third-order valence-electron chi connectivity index (χ3n) is 3.97. The fourth-order valence-electron chi connectivity index (χ4n) is 2.82. The lowest BCUT2D eigenvalue weighted by Gasteiger charge is -2.28. The number of hydrogen-bond donors (Lipinski definition) is 2. The molecule has 4 heteroatoms. The van der Waals surface area contributed by atoms with Crippen LogP contribution >= 0.6 is 0 Å². The van der Waals surface area contributed by atoms with E-state index in [0.717, 1.165) is 42.4 Å². The maximum absolute atomic E-state index is 9.99. The van der Waals surface area contributed by atoms with E-state index in [-0.39, 0.29) is 6.10 Å². The van der Waals surface area contributed by atoms with Crippen molar-refractivity contribution in [2.45, 2.75) is 31.8 Å². The molecule has 1 aliphatic rings. The lowest BCUT2D eigenvalue weighted by molar-refractivity contribution is 0.0763. The Balaban J connectivity index is 1.74. The van der Waals surface area contributed by atoms with Crippen LogP contribution in [0.15, 0.2) is 30.5 Å². The molecule has 2 aromatic rings. The predicted molar refractivity (Wildman–Crippen MR) is 76.0 cm³/mol. The van der Waals surface area contributed by atoms with Gasteiger partial charge in [0.1, 0.15) is 0 Å². The van der Waals surface area contributed by atoms with Crippen LogP contribution in [0.1, 0.15) is 25.7 Å². The molecule has 2 atom stereocenters. The van der Waals surface area contributed by atoms with Gasteiger partial charge in [0.05, 0.1) is 23.5 Å². The van der Waals surface area contributed by atoms with E-state index in [1.165, 1.54) is 6.42 Å². The van der Waals surface area contributed by atoms with Crippen LogP contribution in [0.5, 0.6) is 0 Å². The molecule has 2 unspecified atom stereocenters. The van der Waals surface area contributed by atoms with E-state index in [9.17, 15) is 5.11 Å². The molecule has 2 N–H and O–H groups in total. The second-order valence-electron chi connectivity index (χ2n) is 5.27. The summed E-state index contributed by atoms with van der Waals surface area (Å²) in [6.07, 6.45) is 6.00. The van der Waals surface area contributed by atoms with Gasteiger partial charge in [-0.05, 0) is 18.9 Å². The van der Waals surface area contributed by atoms with Gasteiger partial charge in [-0.25, -0.2) is 0 Å². The van der Waals surface area contributed by atoms with Gasteiger partial charge in [-0.1, -0.05) is 31.0 Å². The second-order valence-corrected chi connectivity index (χ2v) is 5.27. The van der Waals surface area contributed by atoms with E-state index in [0.29, 0.717) is 5.92 Å². The van der Waals surface area contributed by atoms with Crippen molar-refractivity contribution in [3.05, 3.63) is 30.5 Å². The van der Waals surface area contributed by atoms with Crippen LogP contribution in [0.3, 0.4) is 0 Å². The van der Waals surface area contributed by atoms with Crippen molar-refractivity contribution in [2.24, 2.45) is 5.92 Å². The molecule has 1 aliphatic carbocycles. The number of nitrogens with zero attached hydrogens (tertiary/aromatic N) is 2. The average molecular weight is 257 g/mol. The number of aromatic nitrogens is 2. The molecule has 1 heterocycles. The van der Waals surface area contributed by atoms with E-state index in [4.69, 9.17) is 0 Å². The first kappa shape index (κ1) is 12.4. The van der Waals surface area contributed by atoms with Crippen LogP contribution in [0.2, 0.25) is 0 Å². The largest absolute Gasteiger partial charge is 0.393 e. The summed E-state index contributed by atoms with van der Waals surface area (Å²) in [5.74, 6) is 0.348. The maximum Gasteiger partial charge on any atom is 0.0950 e. The fraction of sp³-hybridized carbons (Fsp3) is 0.467. The summed E-state index contributed by atoms with van der Waals surface area (Å²) in [5.41, 5.74) is 1.90. The summed E-state index contributed by atoms with van der Waals surface area (Å²) < 4.78 is 0. The van der Waals surface area contributed by atoms with Crippen molar-refractivity contribution in [1.29, 1.82) is 0 Å². The van der Waals surface area contributed by atoms with Gasteiger partial charge in [-0.2, -0.15) is 10.2 Å². The summed E-state index contributed by atoms with van der Waals surface area (Å²) in [6, 6.07) is 7.98. The van der Waals surface area contributed by atoms with Gasteiger partial charge in [0.2, 0.25) is 0 Å². The summed E-state index contributed by atoms with van der Waals surface area (Å²) >= 11 is 0. The number of aliphatic hydroxyl groups excluding tert-OH is 1. The Bertz CT molecular complexity index is 553. The summed E-state index contributed by atoms with van der Waals surface area (Å²) in [5, 5.41) is 22.6. The SMILES string of the molecule is OC1CCCCC1CNc1cnnc2ccccc12. The van der Waals surface area contributed by atoms with Crippen molar-refractivity contribution in [1.82, 2.24) is 10.2 Å². The van der Waals surface area contributed by atoms with Gasteiger partial charge >= 0.3 is 0 Å². The highest BCUT2D eigenvalue weighted by atomic mass is 16.3. The molecule has 0 amide bonds. The van der Waals surface area contributed by atoms with Gasteiger partial charge in [0, 0.05) is 17.8 Å². The number of aliphatic hydroxyl groups is 1. The molecule has 1 saturated carbocycles. The fourth-order valence-corrected chi connectivity index (χ4v) is 2.82. The molecule has 100 valence electrons. The highest BCUT2D eigenvalue weighted by Gasteiger charge is 2.22. The van der Waals surface area contributed by atoms with Gasteiger partial charge in [-0.15, -0.1) is 0 Å². The minimum Gasteiger partial charge on any atom is -0.393 e. The number of anilines is 1. The minimum atomic E-state index is -0.165. The van der Waals surface area contributed by atoms with Crippen LogP contribution in [0.25, 0.3) is 10.9 Å². The molecule has 0 spiro atoms. The molecule has 4 nitrogen and oxygen atoms in total. The van der Waals surface area contributed by atoms with Gasteiger partial charge < -0.3 is 10.4 Å². The number of fused-ring (bicyclic) bond motifs is 1. The second kappa shape index (κ2) is 5.53. The van der Waals surface area contributed by atoms with Crippen LogP contribution < -0.4 is 5.32 Å². The van der Waals surface area contributed by atoms with E-state index in [1.807, 2.05) is 24.3 Å². The average Bonchev–Trinajstić information content (AvgIpc) is 2.46. The van der Waals surface area contributed by atoms with Gasteiger partial charge in [0.25, 0.3) is 0 Å². The van der Waals surface area contributed by atoms with E-state index in [2.05, 4.69) is 15.5 Å². The van der Waals surface area contributed by atoms with Crippen LogP contribution in [-0.4, -0.2) is 28.0 Å². The Labute approximate surface area is 112 Å². The van der Waals surface area contributed by atoms with Crippen LogP contribution in [0.4, 0.5) is 5.69 Å². The Morgan fingerprint density at radius 2 is 2.05 bits per heavy atom. The van der Waals surface area contributed by atoms with Crippen molar-refractivity contribution in [3.8, 4) is 0 Å². The van der Waals surface area contributed by atoms with Gasteiger partial charge in [0.15, 0.2) is 0 Å². The quantitative estimate of drug-likeness (QED) is 0.887. The maximum atomic E-state index is 9.99. The highest BCUT2D eigenvalue weighted by Crippen LogP contribution is 2.26. The van der Waals surface area contributed by atoms with Crippen molar-refractivity contribution in [3.63, 3.8) is 0 Å². The Morgan fingerprint density at radius 1 is 1.21 bits per heavy atom. The number of rotatable bonds is 3. The Hall–Kier alpha value is -1.68. The van der Waals surface area contributed by atoms with Crippen molar-refractivity contribution in [2.75, 3.05) is 11.9 Å². The lowest BCUT2D eigenvalue weighted by atomic mass is 9.86. The minimum absolute atomic E-state index is 0.165. The first-order valence-electron chi connectivity index (χ1n) is 6.97. The molecule has 0 radical (unpaired) electrons. The normalized spacial score (nSPS) is 23.4. The van der Waals surface area contributed by atoms with Crippen LogP contribution in [0, 0.1) is 5.92 Å². The Kier molecular flexibility index (Phi) is 3.60. The lowest BCUT2D eigenvalue weighted by Crippen LogP contribution is -2.30. The molecule has 0 aliphatic heterocycles. The van der Waals surface area contributed by atoms with Crippen molar-refractivity contribution < 1.29 is 5.11 Å². The first-order chi connectivity index (χ1) is 9.34. The predicted octanol–water partition coefficient (Wildman–Crippen LogP) is 2.59. The molecule has 0 saturated heterocycles. The molecule has 1 aromatic carbocycles. The van der Waals surface area contributed by atoms with Gasteiger partial charge in [-0.3, -0.25) is 0 Å². The standard InChI is InChI=1S/C15H19N3O/c19-15-8-4-1-5-11(15)9-16-14-10-17-18-13-7-3-2-6-12(13)14/h2-3,6-7,10-11,15,19H,1,4-5,8-9H2,(H,16,18). The van der Waals surface area contributed by atoms with Crippen LogP contribution in [-0.2, 0) is 0 Å². The summed E-state index contributed by atoms with van der Waals surface area (Å²) in [6.45, 7) is 0.802. The topological polar surface area (TPSA) is 58.0 Å². The molecule has 1 fully saturated rings. The molecule has 1 aromatic heterocycles. The van der Waals surface area contributed by atoms with E-state index >= 15 is 0 Å². The molecular weight excluding hydrogens is 238 g/mol.